The lowest BCUT2D eigenvalue weighted by Crippen LogP contribution is -2.40. The number of nitrogens with one attached hydrogen (secondary N) is 1. The molecule has 5 heteroatoms. The number of rotatable bonds is 7. The zero-order chi connectivity index (χ0) is 13.7. The minimum atomic E-state index is -0.0171. The molecule has 2 rings (SSSR count). The van der Waals surface area contributed by atoms with E-state index in [4.69, 9.17) is 4.74 Å². The van der Waals surface area contributed by atoms with Crippen molar-refractivity contribution >= 4 is 5.78 Å². The van der Waals surface area contributed by atoms with Crippen molar-refractivity contribution in [1.82, 2.24) is 15.1 Å². The summed E-state index contributed by atoms with van der Waals surface area (Å²) < 4.78 is 7.30. The molecule has 1 N–H and O–H groups in total. The third-order valence-electron chi connectivity index (χ3n) is 3.54. The third kappa shape index (κ3) is 3.64. The van der Waals surface area contributed by atoms with E-state index in [2.05, 4.69) is 17.3 Å². The molecular formula is C14H23N3O2. The first-order valence-electron chi connectivity index (χ1n) is 7.09. The highest BCUT2D eigenvalue weighted by Crippen LogP contribution is 2.17. The van der Waals surface area contributed by atoms with Crippen molar-refractivity contribution in [2.75, 3.05) is 19.8 Å². The van der Waals surface area contributed by atoms with Crippen LogP contribution in [0.3, 0.4) is 0 Å². The second-order valence-electron chi connectivity index (χ2n) is 5.05. The molecule has 0 spiro atoms. The number of aryl methyl sites for hydroxylation is 1. The van der Waals surface area contributed by atoms with E-state index in [0.717, 1.165) is 25.1 Å². The van der Waals surface area contributed by atoms with Crippen LogP contribution < -0.4 is 5.32 Å². The van der Waals surface area contributed by atoms with Crippen LogP contribution in [0, 0.1) is 5.92 Å². The summed E-state index contributed by atoms with van der Waals surface area (Å²) in [5.41, 5.74) is 0.994. The van der Waals surface area contributed by atoms with Crippen molar-refractivity contribution in [2.45, 2.75) is 39.3 Å². The van der Waals surface area contributed by atoms with Gasteiger partial charge >= 0.3 is 0 Å². The molecule has 1 aliphatic heterocycles. The zero-order valence-electron chi connectivity index (χ0n) is 11.8. The Bertz CT molecular complexity index is 417. The van der Waals surface area contributed by atoms with Gasteiger partial charge in [0, 0.05) is 25.2 Å². The van der Waals surface area contributed by atoms with Gasteiger partial charge in [-0.1, -0.05) is 6.92 Å². The normalized spacial score (nSPS) is 22.8. The molecule has 0 aliphatic carbocycles. The fourth-order valence-electron chi connectivity index (χ4n) is 2.41. The van der Waals surface area contributed by atoms with Crippen LogP contribution in [0.4, 0.5) is 0 Å². The lowest BCUT2D eigenvalue weighted by molar-refractivity contribution is -0.122. The number of ether oxygens (including phenoxy) is 1. The van der Waals surface area contributed by atoms with Gasteiger partial charge in [-0.2, -0.15) is 5.10 Å². The summed E-state index contributed by atoms with van der Waals surface area (Å²) in [4.78, 5) is 12.3. The summed E-state index contributed by atoms with van der Waals surface area (Å²) in [7, 11) is 0. The molecule has 0 aromatic carbocycles. The van der Waals surface area contributed by atoms with Gasteiger partial charge in [0.05, 0.1) is 25.3 Å². The Morgan fingerprint density at radius 2 is 2.37 bits per heavy atom. The molecular weight excluding hydrogens is 242 g/mol. The Labute approximate surface area is 114 Å². The van der Waals surface area contributed by atoms with E-state index in [1.54, 1.807) is 6.20 Å². The van der Waals surface area contributed by atoms with Gasteiger partial charge in [0.25, 0.3) is 0 Å². The molecule has 2 heterocycles. The maximum absolute atomic E-state index is 12.3. The average molecular weight is 265 g/mol. The number of hydrogen-bond donors (Lipinski definition) is 1. The number of carbonyl (C=O) groups excluding carboxylic acids is 1. The van der Waals surface area contributed by atoms with E-state index >= 15 is 0 Å². The molecule has 0 bridgehead atoms. The molecule has 0 radical (unpaired) electrons. The van der Waals surface area contributed by atoms with E-state index in [9.17, 15) is 4.79 Å². The van der Waals surface area contributed by atoms with E-state index in [-0.39, 0.29) is 17.7 Å². The second-order valence-corrected chi connectivity index (χ2v) is 5.05. The van der Waals surface area contributed by atoms with Crippen molar-refractivity contribution < 1.29 is 9.53 Å². The summed E-state index contributed by atoms with van der Waals surface area (Å²) in [6, 6.07) is 0.175. The van der Waals surface area contributed by atoms with E-state index in [1.807, 2.05) is 17.8 Å². The lowest BCUT2D eigenvalue weighted by Gasteiger charge is -2.17. The standard InChI is InChI=1S/C14H23N3O2/c1-3-5-15-13-10-19-9-12(13)14(18)6-11-7-16-17(4-2)8-11/h7-8,12-13,15H,3-6,9-10H2,1-2H3. The fraction of sp³-hybridized carbons (Fsp3) is 0.714. The lowest BCUT2D eigenvalue weighted by atomic mass is 9.94. The summed E-state index contributed by atoms with van der Waals surface area (Å²) in [5.74, 6) is 0.235. The van der Waals surface area contributed by atoms with Gasteiger partial charge in [0.2, 0.25) is 0 Å². The summed E-state index contributed by atoms with van der Waals surface area (Å²) in [5, 5.41) is 7.60. The molecule has 1 aromatic rings. The number of nitrogens with zero attached hydrogens (tertiary/aromatic N) is 2. The van der Waals surface area contributed by atoms with Crippen LogP contribution >= 0.6 is 0 Å². The quantitative estimate of drug-likeness (QED) is 0.800. The van der Waals surface area contributed by atoms with Gasteiger partial charge in [-0.05, 0) is 25.5 Å². The van der Waals surface area contributed by atoms with E-state index < -0.39 is 0 Å². The fourth-order valence-corrected chi connectivity index (χ4v) is 2.41. The Morgan fingerprint density at radius 3 is 3.05 bits per heavy atom. The molecule has 0 amide bonds. The average Bonchev–Trinajstić information content (AvgIpc) is 3.04. The minimum absolute atomic E-state index is 0.0171. The van der Waals surface area contributed by atoms with Crippen molar-refractivity contribution in [3.63, 3.8) is 0 Å². The Balaban J connectivity index is 1.91. The first kappa shape index (κ1) is 14.2. The predicted molar refractivity (Wildman–Crippen MR) is 73.0 cm³/mol. The second kappa shape index (κ2) is 6.82. The molecule has 5 nitrogen and oxygen atoms in total. The third-order valence-corrected chi connectivity index (χ3v) is 3.54. The molecule has 1 fully saturated rings. The number of Topliss-reactive ketones (excluding diaryl/α,β-unsaturated/α-hetero) is 1. The summed E-state index contributed by atoms with van der Waals surface area (Å²) >= 11 is 0. The van der Waals surface area contributed by atoms with Crippen molar-refractivity contribution in [2.24, 2.45) is 5.92 Å². The van der Waals surface area contributed by atoms with Crippen LogP contribution in [0.2, 0.25) is 0 Å². The van der Waals surface area contributed by atoms with Gasteiger partial charge in [-0.25, -0.2) is 0 Å². The maximum atomic E-state index is 12.3. The Morgan fingerprint density at radius 1 is 1.53 bits per heavy atom. The van der Waals surface area contributed by atoms with Crippen LogP contribution in [-0.2, 0) is 22.5 Å². The molecule has 2 unspecified atom stereocenters. The van der Waals surface area contributed by atoms with Gasteiger partial charge in [-0.3, -0.25) is 9.48 Å². The van der Waals surface area contributed by atoms with Gasteiger partial charge in [0.15, 0.2) is 0 Å². The highest BCUT2D eigenvalue weighted by molar-refractivity contribution is 5.84. The molecule has 19 heavy (non-hydrogen) atoms. The molecule has 1 aromatic heterocycles. The molecule has 106 valence electrons. The van der Waals surface area contributed by atoms with E-state index in [1.165, 1.54) is 0 Å². The summed E-state index contributed by atoms with van der Waals surface area (Å²) in [6.45, 7) is 7.12. The highest BCUT2D eigenvalue weighted by atomic mass is 16.5. The minimum Gasteiger partial charge on any atom is -0.379 e. The maximum Gasteiger partial charge on any atom is 0.144 e. The summed E-state index contributed by atoms with van der Waals surface area (Å²) in [6.07, 6.45) is 5.26. The predicted octanol–water partition coefficient (Wildman–Crippen LogP) is 1.03. The smallest absolute Gasteiger partial charge is 0.144 e. The van der Waals surface area contributed by atoms with Crippen LogP contribution in [0.15, 0.2) is 12.4 Å². The Kier molecular flexibility index (Phi) is 5.10. The van der Waals surface area contributed by atoms with Gasteiger partial charge in [-0.15, -0.1) is 0 Å². The number of ketones is 1. The number of carbonyl (C=O) groups is 1. The molecule has 0 saturated carbocycles. The largest absolute Gasteiger partial charge is 0.379 e. The first-order chi connectivity index (χ1) is 9.24. The van der Waals surface area contributed by atoms with Crippen LogP contribution in [0.5, 0.6) is 0 Å². The number of aromatic nitrogens is 2. The topological polar surface area (TPSA) is 56.1 Å². The molecule has 1 aliphatic rings. The van der Waals surface area contributed by atoms with Crippen LogP contribution in [0.1, 0.15) is 25.8 Å². The van der Waals surface area contributed by atoms with Gasteiger partial charge < -0.3 is 10.1 Å². The van der Waals surface area contributed by atoms with Crippen molar-refractivity contribution in [3.05, 3.63) is 18.0 Å². The van der Waals surface area contributed by atoms with Crippen LogP contribution in [-0.4, -0.2) is 41.4 Å². The van der Waals surface area contributed by atoms with E-state index in [0.29, 0.717) is 19.6 Å². The molecule has 2 atom stereocenters. The first-order valence-corrected chi connectivity index (χ1v) is 7.09. The Hall–Kier alpha value is -1.20. The zero-order valence-corrected chi connectivity index (χ0v) is 11.8. The van der Waals surface area contributed by atoms with Crippen molar-refractivity contribution in [1.29, 1.82) is 0 Å². The van der Waals surface area contributed by atoms with Gasteiger partial charge in [0.1, 0.15) is 5.78 Å². The van der Waals surface area contributed by atoms with Crippen molar-refractivity contribution in [3.8, 4) is 0 Å². The number of hydrogen-bond acceptors (Lipinski definition) is 4. The van der Waals surface area contributed by atoms with Crippen LogP contribution in [0.25, 0.3) is 0 Å². The monoisotopic (exact) mass is 265 g/mol. The highest BCUT2D eigenvalue weighted by Gasteiger charge is 2.33. The SMILES string of the molecule is CCCNC1COCC1C(=O)Cc1cnn(CC)c1. The molecule has 1 saturated heterocycles.